The average Bonchev–Trinajstić information content (AvgIpc) is 2.36. The Morgan fingerprint density at radius 3 is 2.89 bits per heavy atom. The number of amides is 1. The third-order valence-electron chi connectivity index (χ3n) is 3.73. The van der Waals surface area contributed by atoms with Gasteiger partial charge in [-0.1, -0.05) is 13.0 Å². The van der Waals surface area contributed by atoms with Gasteiger partial charge in [0.1, 0.15) is 0 Å². The zero-order chi connectivity index (χ0) is 14.0. The van der Waals surface area contributed by atoms with Gasteiger partial charge in [-0.25, -0.2) is 4.79 Å². The Morgan fingerprint density at radius 1 is 1.53 bits per heavy atom. The van der Waals surface area contributed by atoms with Gasteiger partial charge in [0, 0.05) is 19.1 Å². The number of hydrogen-bond donors (Lipinski definition) is 3. The van der Waals surface area contributed by atoms with Crippen molar-refractivity contribution in [3.05, 3.63) is 23.8 Å². The summed E-state index contributed by atoms with van der Waals surface area (Å²) in [5, 5.41) is 12.5. The van der Waals surface area contributed by atoms with Gasteiger partial charge in [0.25, 0.3) is 0 Å². The predicted octanol–water partition coefficient (Wildman–Crippen LogP) is 2.38. The highest BCUT2D eigenvalue weighted by Crippen LogP contribution is 2.25. The number of rotatable bonds is 2. The van der Waals surface area contributed by atoms with Crippen LogP contribution in [0.25, 0.3) is 0 Å². The van der Waals surface area contributed by atoms with Gasteiger partial charge in [-0.2, -0.15) is 0 Å². The molecule has 19 heavy (non-hydrogen) atoms. The molecule has 5 nitrogen and oxygen atoms in total. The highest BCUT2D eigenvalue weighted by atomic mass is 16.4. The number of piperidine rings is 1. The molecule has 2 rings (SSSR count). The molecular weight excluding hydrogens is 242 g/mol. The summed E-state index contributed by atoms with van der Waals surface area (Å²) in [7, 11) is 0. The maximum Gasteiger partial charge on any atom is 0.407 e. The number of carboxylic acid groups (broad SMARTS) is 1. The van der Waals surface area contributed by atoms with Crippen molar-refractivity contribution in [2.24, 2.45) is 5.92 Å². The average molecular weight is 263 g/mol. The third kappa shape index (κ3) is 3.10. The number of benzene rings is 1. The zero-order valence-corrected chi connectivity index (χ0v) is 11.4. The third-order valence-corrected chi connectivity index (χ3v) is 3.73. The lowest BCUT2D eigenvalue weighted by molar-refractivity contribution is 0.119. The molecule has 0 saturated carbocycles. The summed E-state index contributed by atoms with van der Waals surface area (Å²) in [4.78, 5) is 12.4. The highest BCUT2D eigenvalue weighted by molar-refractivity contribution is 5.68. The number of likely N-dealkylation sites (tertiary alicyclic amines) is 1. The Kier molecular flexibility index (Phi) is 3.83. The molecule has 0 aromatic heterocycles. The predicted molar refractivity (Wildman–Crippen MR) is 76.4 cm³/mol. The van der Waals surface area contributed by atoms with Gasteiger partial charge >= 0.3 is 6.09 Å². The molecule has 0 bridgehead atoms. The standard InChI is InChI=1S/C14H21N3O2/c1-9-3-4-11(15)13(7-9)16-12-5-6-17(14(18)19)8-10(12)2/h3-4,7,10,12,16H,5-6,8,15H2,1-2H3,(H,18,19). The molecule has 0 radical (unpaired) electrons. The van der Waals surface area contributed by atoms with Crippen LogP contribution in [0.4, 0.5) is 16.2 Å². The number of nitrogens with one attached hydrogen (secondary N) is 1. The number of hydrogen-bond acceptors (Lipinski definition) is 3. The van der Waals surface area contributed by atoms with Crippen molar-refractivity contribution in [3.63, 3.8) is 0 Å². The smallest absolute Gasteiger partial charge is 0.407 e. The van der Waals surface area contributed by atoms with Crippen LogP contribution in [0.15, 0.2) is 18.2 Å². The van der Waals surface area contributed by atoms with E-state index in [0.717, 1.165) is 23.4 Å². The summed E-state index contributed by atoms with van der Waals surface area (Å²) in [6, 6.07) is 6.18. The summed E-state index contributed by atoms with van der Waals surface area (Å²) < 4.78 is 0. The van der Waals surface area contributed by atoms with Crippen molar-refractivity contribution in [1.82, 2.24) is 4.90 Å². The number of nitrogens with zero attached hydrogens (tertiary/aromatic N) is 1. The molecule has 5 heteroatoms. The highest BCUT2D eigenvalue weighted by Gasteiger charge is 2.28. The molecule has 1 amide bonds. The first-order chi connectivity index (χ1) is 8.97. The molecule has 104 valence electrons. The van der Waals surface area contributed by atoms with Gasteiger partial charge in [-0.05, 0) is 37.0 Å². The van der Waals surface area contributed by atoms with Gasteiger partial charge in [0.2, 0.25) is 0 Å². The summed E-state index contributed by atoms with van der Waals surface area (Å²) in [6.45, 7) is 5.24. The van der Waals surface area contributed by atoms with E-state index in [1.807, 2.05) is 25.1 Å². The maximum atomic E-state index is 10.9. The lowest BCUT2D eigenvalue weighted by Crippen LogP contribution is -2.47. The lowest BCUT2D eigenvalue weighted by Gasteiger charge is -2.36. The normalized spacial score (nSPS) is 23.2. The van der Waals surface area contributed by atoms with E-state index < -0.39 is 6.09 Å². The Bertz CT molecular complexity index is 476. The second-order valence-corrected chi connectivity index (χ2v) is 5.34. The monoisotopic (exact) mass is 263 g/mol. The largest absolute Gasteiger partial charge is 0.465 e. The first-order valence-corrected chi connectivity index (χ1v) is 6.58. The van der Waals surface area contributed by atoms with E-state index in [9.17, 15) is 4.79 Å². The van der Waals surface area contributed by atoms with Gasteiger partial charge < -0.3 is 21.1 Å². The number of nitrogen functional groups attached to an aromatic ring is 1. The van der Waals surface area contributed by atoms with Crippen LogP contribution in [-0.2, 0) is 0 Å². The molecule has 4 N–H and O–H groups in total. The van der Waals surface area contributed by atoms with E-state index in [2.05, 4.69) is 12.2 Å². The van der Waals surface area contributed by atoms with Crippen LogP contribution in [0.5, 0.6) is 0 Å². The first kappa shape index (κ1) is 13.5. The molecule has 0 spiro atoms. The Morgan fingerprint density at radius 2 is 2.26 bits per heavy atom. The fourth-order valence-electron chi connectivity index (χ4n) is 2.53. The van der Waals surface area contributed by atoms with Crippen LogP contribution in [0, 0.1) is 12.8 Å². The van der Waals surface area contributed by atoms with E-state index >= 15 is 0 Å². The SMILES string of the molecule is Cc1ccc(N)c(NC2CCN(C(=O)O)CC2C)c1. The number of anilines is 2. The summed E-state index contributed by atoms with van der Waals surface area (Å²) in [5.41, 5.74) is 8.80. The van der Waals surface area contributed by atoms with Crippen LogP contribution in [-0.4, -0.2) is 35.2 Å². The van der Waals surface area contributed by atoms with Crippen LogP contribution < -0.4 is 11.1 Å². The summed E-state index contributed by atoms with van der Waals surface area (Å²) in [5.74, 6) is 0.268. The fourth-order valence-corrected chi connectivity index (χ4v) is 2.53. The van der Waals surface area contributed by atoms with Crippen molar-refractivity contribution < 1.29 is 9.90 Å². The minimum absolute atomic E-state index is 0.264. The van der Waals surface area contributed by atoms with Crippen molar-refractivity contribution in [1.29, 1.82) is 0 Å². The van der Waals surface area contributed by atoms with E-state index in [-0.39, 0.29) is 12.0 Å². The molecule has 1 aromatic carbocycles. The molecule has 1 saturated heterocycles. The van der Waals surface area contributed by atoms with E-state index in [0.29, 0.717) is 13.1 Å². The Balaban J connectivity index is 2.04. The summed E-state index contributed by atoms with van der Waals surface area (Å²) >= 11 is 0. The zero-order valence-electron chi connectivity index (χ0n) is 11.4. The molecule has 1 aliphatic heterocycles. The van der Waals surface area contributed by atoms with Crippen molar-refractivity contribution >= 4 is 17.5 Å². The van der Waals surface area contributed by atoms with E-state index in [1.54, 1.807) is 0 Å². The maximum absolute atomic E-state index is 10.9. The van der Waals surface area contributed by atoms with Crippen molar-refractivity contribution in [2.75, 3.05) is 24.1 Å². The molecule has 1 fully saturated rings. The van der Waals surface area contributed by atoms with Crippen molar-refractivity contribution in [3.8, 4) is 0 Å². The Labute approximate surface area is 113 Å². The van der Waals surface area contributed by atoms with Crippen LogP contribution in [0.3, 0.4) is 0 Å². The minimum atomic E-state index is -0.833. The molecule has 2 atom stereocenters. The number of aryl methyl sites for hydroxylation is 1. The Hall–Kier alpha value is -1.91. The lowest BCUT2D eigenvalue weighted by atomic mass is 9.93. The van der Waals surface area contributed by atoms with Crippen molar-refractivity contribution in [2.45, 2.75) is 26.3 Å². The number of nitrogens with two attached hydrogens (primary N) is 1. The quantitative estimate of drug-likeness (QED) is 0.716. The second kappa shape index (κ2) is 5.38. The minimum Gasteiger partial charge on any atom is -0.465 e. The molecular formula is C14H21N3O2. The second-order valence-electron chi connectivity index (χ2n) is 5.34. The van der Waals surface area contributed by atoms with E-state index in [4.69, 9.17) is 10.8 Å². The van der Waals surface area contributed by atoms with Crippen LogP contribution >= 0.6 is 0 Å². The topological polar surface area (TPSA) is 78.6 Å². The number of carbonyl (C=O) groups is 1. The van der Waals surface area contributed by atoms with Gasteiger partial charge in [0.05, 0.1) is 11.4 Å². The molecule has 1 heterocycles. The van der Waals surface area contributed by atoms with Gasteiger partial charge in [0.15, 0.2) is 0 Å². The van der Waals surface area contributed by atoms with Crippen LogP contribution in [0.2, 0.25) is 0 Å². The molecule has 1 aliphatic rings. The van der Waals surface area contributed by atoms with E-state index in [1.165, 1.54) is 4.90 Å². The molecule has 0 aliphatic carbocycles. The van der Waals surface area contributed by atoms with Gasteiger partial charge in [-0.15, -0.1) is 0 Å². The fraction of sp³-hybridized carbons (Fsp3) is 0.500. The first-order valence-electron chi connectivity index (χ1n) is 6.58. The molecule has 1 aromatic rings. The van der Waals surface area contributed by atoms with Gasteiger partial charge in [-0.3, -0.25) is 0 Å². The van der Waals surface area contributed by atoms with Crippen LogP contribution in [0.1, 0.15) is 18.9 Å². The molecule has 2 unspecified atom stereocenters. The summed E-state index contributed by atoms with van der Waals surface area (Å²) in [6.07, 6.45) is -0.0266.